The van der Waals surface area contributed by atoms with E-state index in [0.717, 1.165) is 19.5 Å². The number of hydrogen-bond donors (Lipinski definition) is 2. The van der Waals surface area contributed by atoms with Gasteiger partial charge in [0.25, 0.3) is 0 Å². The molecule has 0 bridgehead atoms. The van der Waals surface area contributed by atoms with E-state index in [1.165, 1.54) is 51.4 Å². The molecule has 2 N–H and O–H groups in total. The summed E-state index contributed by atoms with van der Waals surface area (Å²) in [5.41, 5.74) is 0. The summed E-state index contributed by atoms with van der Waals surface area (Å²) in [6.45, 7) is 6.98. The molecular weight excluding hydrogens is 210 g/mol. The minimum atomic E-state index is 0.320. The van der Waals surface area contributed by atoms with Gasteiger partial charge in [-0.25, -0.2) is 0 Å². The average molecular weight is 243 g/mol. The standard InChI is InChI=1S/C15H33NO/c1-3-4-5-6-7-8-9-10-12-16-14-15(2)11-13-17/h15-17H,3-14H2,1-2H3. The molecule has 0 fully saturated rings. The molecule has 0 spiro atoms. The van der Waals surface area contributed by atoms with E-state index in [-0.39, 0.29) is 0 Å². The number of aliphatic hydroxyl groups is 1. The second-order valence-electron chi connectivity index (χ2n) is 5.30. The van der Waals surface area contributed by atoms with Gasteiger partial charge in [-0.2, -0.15) is 0 Å². The quantitative estimate of drug-likeness (QED) is 0.483. The molecule has 0 saturated carbocycles. The lowest BCUT2D eigenvalue weighted by Gasteiger charge is -2.10. The second kappa shape index (κ2) is 14.0. The third-order valence-corrected chi connectivity index (χ3v) is 3.32. The van der Waals surface area contributed by atoms with E-state index >= 15 is 0 Å². The van der Waals surface area contributed by atoms with Gasteiger partial charge in [-0.15, -0.1) is 0 Å². The van der Waals surface area contributed by atoms with Gasteiger partial charge in [-0.1, -0.05) is 58.8 Å². The van der Waals surface area contributed by atoms with E-state index < -0.39 is 0 Å². The van der Waals surface area contributed by atoms with Gasteiger partial charge in [0.1, 0.15) is 0 Å². The van der Waals surface area contributed by atoms with Crippen LogP contribution in [0.3, 0.4) is 0 Å². The largest absolute Gasteiger partial charge is 0.396 e. The van der Waals surface area contributed by atoms with Crippen LogP contribution in [-0.2, 0) is 0 Å². The summed E-state index contributed by atoms with van der Waals surface area (Å²) in [6, 6.07) is 0. The summed E-state index contributed by atoms with van der Waals surface area (Å²) in [6.07, 6.45) is 12.0. The van der Waals surface area contributed by atoms with Gasteiger partial charge in [0.2, 0.25) is 0 Å². The van der Waals surface area contributed by atoms with Gasteiger partial charge in [-0.3, -0.25) is 0 Å². The molecule has 1 atom stereocenters. The number of rotatable bonds is 13. The van der Waals surface area contributed by atoms with Gasteiger partial charge in [-0.05, 0) is 31.8 Å². The van der Waals surface area contributed by atoms with Crippen LogP contribution in [0.2, 0.25) is 0 Å². The molecule has 0 aromatic rings. The Morgan fingerprint density at radius 1 is 0.941 bits per heavy atom. The van der Waals surface area contributed by atoms with Crippen LogP contribution in [-0.4, -0.2) is 24.8 Å². The van der Waals surface area contributed by atoms with Gasteiger partial charge in [0.05, 0.1) is 0 Å². The van der Waals surface area contributed by atoms with Crippen LogP contribution in [0.4, 0.5) is 0 Å². The van der Waals surface area contributed by atoms with Crippen molar-refractivity contribution in [2.75, 3.05) is 19.7 Å². The number of nitrogens with one attached hydrogen (secondary N) is 1. The zero-order chi connectivity index (χ0) is 12.8. The van der Waals surface area contributed by atoms with E-state index in [0.29, 0.717) is 12.5 Å². The van der Waals surface area contributed by atoms with E-state index in [1.807, 2.05) is 0 Å². The Kier molecular flexibility index (Phi) is 13.9. The second-order valence-corrected chi connectivity index (χ2v) is 5.30. The third-order valence-electron chi connectivity index (χ3n) is 3.32. The fraction of sp³-hybridized carbons (Fsp3) is 1.00. The normalized spacial score (nSPS) is 12.9. The highest BCUT2D eigenvalue weighted by atomic mass is 16.3. The molecule has 0 aliphatic carbocycles. The molecule has 104 valence electrons. The molecule has 0 amide bonds. The van der Waals surface area contributed by atoms with Crippen LogP contribution in [0.1, 0.15) is 71.6 Å². The fourth-order valence-electron chi connectivity index (χ4n) is 2.05. The van der Waals surface area contributed by atoms with Crippen molar-refractivity contribution in [2.45, 2.75) is 71.6 Å². The maximum atomic E-state index is 8.77. The first-order chi connectivity index (χ1) is 8.31. The zero-order valence-electron chi connectivity index (χ0n) is 12.0. The third kappa shape index (κ3) is 13.9. The Labute approximate surface area is 108 Å². The number of aliphatic hydroxyl groups excluding tert-OH is 1. The smallest absolute Gasteiger partial charge is 0.0434 e. The fourth-order valence-corrected chi connectivity index (χ4v) is 2.05. The first kappa shape index (κ1) is 16.9. The van der Waals surface area contributed by atoms with Crippen molar-refractivity contribution in [3.8, 4) is 0 Å². The molecule has 0 heterocycles. The van der Waals surface area contributed by atoms with Gasteiger partial charge in [0, 0.05) is 6.61 Å². The topological polar surface area (TPSA) is 32.3 Å². The summed E-state index contributed by atoms with van der Waals surface area (Å²) < 4.78 is 0. The van der Waals surface area contributed by atoms with Crippen molar-refractivity contribution < 1.29 is 5.11 Å². The highest BCUT2D eigenvalue weighted by molar-refractivity contribution is 4.56. The SMILES string of the molecule is CCCCCCCCCCNCC(C)CCO. The van der Waals surface area contributed by atoms with Gasteiger partial charge in [0.15, 0.2) is 0 Å². The Morgan fingerprint density at radius 3 is 2.12 bits per heavy atom. The highest BCUT2D eigenvalue weighted by Gasteiger charge is 1.99. The molecule has 0 aromatic carbocycles. The minimum Gasteiger partial charge on any atom is -0.396 e. The van der Waals surface area contributed by atoms with Crippen LogP contribution in [0, 0.1) is 5.92 Å². The Balaban J connectivity index is 2.98. The molecule has 0 aromatic heterocycles. The molecule has 0 saturated heterocycles. The number of hydrogen-bond acceptors (Lipinski definition) is 2. The molecule has 0 radical (unpaired) electrons. The Hall–Kier alpha value is -0.0800. The van der Waals surface area contributed by atoms with Gasteiger partial charge >= 0.3 is 0 Å². The van der Waals surface area contributed by atoms with Crippen LogP contribution >= 0.6 is 0 Å². The monoisotopic (exact) mass is 243 g/mol. The summed E-state index contributed by atoms with van der Waals surface area (Å²) in [5.74, 6) is 0.606. The zero-order valence-corrected chi connectivity index (χ0v) is 12.0. The summed E-state index contributed by atoms with van der Waals surface area (Å²) in [5, 5.41) is 12.2. The molecule has 0 rings (SSSR count). The lowest BCUT2D eigenvalue weighted by molar-refractivity contribution is 0.260. The lowest BCUT2D eigenvalue weighted by atomic mass is 10.1. The molecule has 0 aliphatic heterocycles. The number of unbranched alkanes of at least 4 members (excludes halogenated alkanes) is 7. The molecule has 2 heteroatoms. The summed E-state index contributed by atoms with van der Waals surface area (Å²) >= 11 is 0. The molecule has 2 nitrogen and oxygen atoms in total. The molecule has 0 aliphatic rings. The predicted octanol–water partition coefficient (Wildman–Crippen LogP) is 3.74. The summed E-state index contributed by atoms with van der Waals surface area (Å²) in [4.78, 5) is 0. The lowest BCUT2D eigenvalue weighted by Crippen LogP contribution is -2.22. The highest BCUT2D eigenvalue weighted by Crippen LogP contribution is 2.08. The van der Waals surface area contributed by atoms with Crippen LogP contribution in [0.25, 0.3) is 0 Å². The van der Waals surface area contributed by atoms with E-state index in [2.05, 4.69) is 19.2 Å². The molecule has 1 unspecified atom stereocenters. The Morgan fingerprint density at radius 2 is 1.53 bits per heavy atom. The maximum Gasteiger partial charge on any atom is 0.0434 e. The van der Waals surface area contributed by atoms with E-state index in [1.54, 1.807) is 0 Å². The average Bonchev–Trinajstić information content (AvgIpc) is 2.32. The first-order valence-electron chi connectivity index (χ1n) is 7.62. The van der Waals surface area contributed by atoms with Crippen molar-refractivity contribution in [1.82, 2.24) is 5.32 Å². The van der Waals surface area contributed by atoms with Crippen molar-refractivity contribution in [1.29, 1.82) is 0 Å². The van der Waals surface area contributed by atoms with Crippen molar-refractivity contribution in [2.24, 2.45) is 5.92 Å². The summed E-state index contributed by atoms with van der Waals surface area (Å²) in [7, 11) is 0. The first-order valence-corrected chi connectivity index (χ1v) is 7.62. The van der Waals surface area contributed by atoms with Crippen molar-refractivity contribution in [3.63, 3.8) is 0 Å². The van der Waals surface area contributed by atoms with Gasteiger partial charge < -0.3 is 10.4 Å². The van der Waals surface area contributed by atoms with Crippen LogP contribution in [0.5, 0.6) is 0 Å². The maximum absolute atomic E-state index is 8.77. The molecular formula is C15H33NO. The van der Waals surface area contributed by atoms with Crippen molar-refractivity contribution >= 4 is 0 Å². The Bertz CT molecular complexity index is 139. The van der Waals surface area contributed by atoms with Crippen LogP contribution in [0.15, 0.2) is 0 Å². The van der Waals surface area contributed by atoms with E-state index in [9.17, 15) is 0 Å². The van der Waals surface area contributed by atoms with E-state index in [4.69, 9.17) is 5.11 Å². The molecule has 17 heavy (non-hydrogen) atoms. The van der Waals surface area contributed by atoms with Crippen molar-refractivity contribution in [3.05, 3.63) is 0 Å². The van der Waals surface area contributed by atoms with Crippen LogP contribution < -0.4 is 5.32 Å². The predicted molar refractivity (Wildman–Crippen MR) is 76.3 cm³/mol. The minimum absolute atomic E-state index is 0.320.